The normalized spacial score (nSPS) is 10.6. The molecule has 0 atom stereocenters. The van der Waals surface area contributed by atoms with E-state index in [1.807, 2.05) is 32.3 Å². The third kappa shape index (κ3) is 3.86. The summed E-state index contributed by atoms with van der Waals surface area (Å²) < 4.78 is 6.47. The Morgan fingerprint density at radius 1 is 1.43 bits per heavy atom. The first-order chi connectivity index (χ1) is 6.59. The Morgan fingerprint density at radius 3 is 2.71 bits per heavy atom. The number of rotatable bonds is 4. The average molecular weight is 279 g/mol. The molecule has 78 valence electrons. The van der Waals surface area contributed by atoms with E-state index in [2.05, 4.69) is 20.8 Å². The minimum atomic E-state index is 0.637. The Bertz CT molecular complexity index is 304. The second-order valence-corrected chi connectivity index (χ2v) is 4.55. The SMILES string of the molecule is CN(C)CCOc1ccc(Br)cc1Cl. The summed E-state index contributed by atoms with van der Waals surface area (Å²) >= 11 is 9.32. The van der Waals surface area contributed by atoms with Crippen molar-refractivity contribution >= 4 is 27.5 Å². The lowest BCUT2D eigenvalue weighted by Gasteiger charge is -2.11. The lowest BCUT2D eigenvalue weighted by atomic mass is 10.3. The van der Waals surface area contributed by atoms with Crippen molar-refractivity contribution in [1.29, 1.82) is 0 Å². The van der Waals surface area contributed by atoms with Gasteiger partial charge in [0.05, 0.1) is 5.02 Å². The second-order valence-electron chi connectivity index (χ2n) is 3.23. The molecule has 0 unspecified atom stereocenters. The van der Waals surface area contributed by atoms with Gasteiger partial charge >= 0.3 is 0 Å². The zero-order chi connectivity index (χ0) is 10.6. The molecule has 0 spiro atoms. The van der Waals surface area contributed by atoms with Crippen molar-refractivity contribution in [2.24, 2.45) is 0 Å². The van der Waals surface area contributed by atoms with Crippen LogP contribution in [0.15, 0.2) is 22.7 Å². The largest absolute Gasteiger partial charge is 0.491 e. The minimum absolute atomic E-state index is 0.637. The van der Waals surface area contributed by atoms with Gasteiger partial charge < -0.3 is 9.64 Å². The molecule has 0 amide bonds. The second kappa shape index (κ2) is 5.59. The molecule has 0 radical (unpaired) electrons. The smallest absolute Gasteiger partial charge is 0.138 e. The molecule has 4 heteroatoms. The third-order valence-electron chi connectivity index (χ3n) is 1.69. The number of halogens is 2. The van der Waals surface area contributed by atoms with Crippen LogP contribution in [0.2, 0.25) is 5.02 Å². The summed E-state index contributed by atoms with van der Waals surface area (Å²) in [4.78, 5) is 2.06. The van der Waals surface area contributed by atoms with Crippen LogP contribution in [-0.2, 0) is 0 Å². The molecule has 0 aliphatic carbocycles. The molecule has 0 bridgehead atoms. The van der Waals surface area contributed by atoms with E-state index >= 15 is 0 Å². The van der Waals surface area contributed by atoms with Crippen LogP contribution in [0.1, 0.15) is 0 Å². The van der Waals surface area contributed by atoms with Crippen LogP contribution in [0.25, 0.3) is 0 Å². The van der Waals surface area contributed by atoms with Crippen molar-refractivity contribution in [3.05, 3.63) is 27.7 Å². The fourth-order valence-corrected chi connectivity index (χ4v) is 1.66. The maximum absolute atomic E-state index is 5.98. The molecule has 1 rings (SSSR count). The van der Waals surface area contributed by atoms with E-state index in [0.717, 1.165) is 16.8 Å². The van der Waals surface area contributed by atoms with Gasteiger partial charge in [-0.25, -0.2) is 0 Å². The van der Waals surface area contributed by atoms with Gasteiger partial charge in [0.15, 0.2) is 0 Å². The summed E-state index contributed by atoms with van der Waals surface area (Å²) in [7, 11) is 4.01. The van der Waals surface area contributed by atoms with E-state index < -0.39 is 0 Å². The van der Waals surface area contributed by atoms with Crippen molar-refractivity contribution in [2.45, 2.75) is 0 Å². The van der Waals surface area contributed by atoms with E-state index in [-0.39, 0.29) is 0 Å². The van der Waals surface area contributed by atoms with Gasteiger partial charge in [0.25, 0.3) is 0 Å². The molecule has 0 fully saturated rings. The van der Waals surface area contributed by atoms with Gasteiger partial charge in [-0.15, -0.1) is 0 Å². The van der Waals surface area contributed by atoms with Gasteiger partial charge in [0, 0.05) is 11.0 Å². The van der Waals surface area contributed by atoms with Crippen LogP contribution in [-0.4, -0.2) is 32.1 Å². The maximum Gasteiger partial charge on any atom is 0.138 e. The topological polar surface area (TPSA) is 12.5 Å². The Hall–Kier alpha value is -0.250. The average Bonchev–Trinajstić information content (AvgIpc) is 2.08. The molecule has 0 aromatic heterocycles. The highest BCUT2D eigenvalue weighted by molar-refractivity contribution is 9.10. The summed E-state index contributed by atoms with van der Waals surface area (Å²) in [6.07, 6.45) is 0. The number of nitrogens with zero attached hydrogens (tertiary/aromatic N) is 1. The molecule has 2 nitrogen and oxygen atoms in total. The highest BCUT2D eigenvalue weighted by Gasteiger charge is 2.01. The first-order valence-corrected chi connectivity index (χ1v) is 5.49. The number of hydrogen-bond donors (Lipinski definition) is 0. The summed E-state index contributed by atoms with van der Waals surface area (Å²) in [5.74, 6) is 0.733. The van der Waals surface area contributed by atoms with Gasteiger partial charge in [-0.05, 0) is 32.3 Å². The fourth-order valence-electron chi connectivity index (χ4n) is 0.930. The quantitative estimate of drug-likeness (QED) is 0.839. The van der Waals surface area contributed by atoms with E-state index in [9.17, 15) is 0 Å². The molecule has 0 N–H and O–H groups in total. The number of ether oxygens (including phenoxy) is 1. The molecule has 0 saturated carbocycles. The maximum atomic E-state index is 5.98. The molecular weight excluding hydrogens is 265 g/mol. The minimum Gasteiger partial charge on any atom is -0.491 e. The fraction of sp³-hybridized carbons (Fsp3) is 0.400. The first kappa shape index (κ1) is 11.8. The zero-order valence-corrected chi connectivity index (χ0v) is 10.6. The Morgan fingerprint density at radius 2 is 2.14 bits per heavy atom. The number of likely N-dealkylation sites (N-methyl/N-ethyl adjacent to an activating group) is 1. The zero-order valence-electron chi connectivity index (χ0n) is 8.26. The van der Waals surface area contributed by atoms with Gasteiger partial charge in [-0.2, -0.15) is 0 Å². The molecule has 14 heavy (non-hydrogen) atoms. The molecule has 1 aromatic carbocycles. The van der Waals surface area contributed by atoms with E-state index in [4.69, 9.17) is 16.3 Å². The van der Waals surface area contributed by atoms with Crippen LogP contribution in [0.4, 0.5) is 0 Å². The number of hydrogen-bond acceptors (Lipinski definition) is 2. The van der Waals surface area contributed by atoms with Crippen LogP contribution in [0.5, 0.6) is 5.75 Å². The van der Waals surface area contributed by atoms with E-state index in [0.29, 0.717) is 11.6 Å². The van der Waals surface area contributed by atoms with Gasteiger partial charge in [0.2, 0.25) is 0 Å². The van der Waals surface area contributed by atoms with E-state index in [1.54, 1.807) is 0 Å². The molecular formula is C10H13BrClNO. The molecule has 0 aliphatic heterocycles. The van der Waals surface area contributed by atoms with Crippen molar-refractivity contribution < 1.29 is 4.74 Å². The van der Waals surface area contributed by atoms with Crippen molar-refractivity contribution in [1.82, 2.24) is 4.90 Å². The monoisotopic (exact) mass is 277 g/mol. The van der Waals surface area contributed by atoms with Crippen molar-refractivity contribution in [3.8, 4) is 5.75 Å². The third-order valence-corrected chi connectivity index (χ3v) is 2.48. The Balaban J connectivity index is 2.51. The number of benzene rings is 1. The summed E-state index contributed by atoms with van der Waals surface area (Å²) in [6.45, 7) is 1.53. The Kier molecular flexibility index (Phi) is 4.72. The molecule has 0 aliphatic rings. The molecule has 0 saturated heterocycles. The predicted molar refractivity (Wildman–Crippen MR) is 63.2 cm³/mol. The van der Waals surface area contributed by atoms with E-state index in [1.165, 1.54) is 0 Å². The van der Waals surface area contributed by atoms with Gasteiger partial charge in [0.1, 0.15) is 12.4 Å². The van der Waals surface area contributed by atoms with Crippen LogP contribution < -0.4 is 4.74 Å². The summed E-state index contributed by atoms with van der Waals surface area (Å²) in [5, 5.41) is 0.637. The Labute approximate surface area is 97.9 Å². The first-order valence-electron chi connectivity index (χ1n) is 4.32. The van der Waals surface area contributed by atoms with Crippen LogP contribution in [0.3, 0.4) is 0 Å². The highest BCUT2D eigenvalue weighted by atomic mass is 79.9. The van der Waals surface area contributed by atoms with Crippen LogP contribution in [0, 0.1) is 0 Å². The predicted octanol–water partition coefficient (Wildman–Crippen LogP) is 3.04. The molecule has 0 heterocycles. The van der Waals surface area contributed by atoms with Crippen LogP contribution >= 0.6 is 27.5 Å². The summed E-state index contributed by atoms with van der Waals surface area (Å²) in [5.41, 5.74) is 0. The molecule has 1 aromatic rings. The van der Waals surface area contributed by atoms with Gasteiger partial charge in [-0.1, -0.05) is 27.5 Å². The van der Waals surface area contributed by atoms with Crippen molar-refractivity contribution in [3.63, 3.8) is 0 Å². The lowest BCUT2D eigenvalue weighted by molar-refractivity contribution is 0.261. The van der Waals surface area contributed by atoms with Crippen molar-refractivity contribution in [2.75, 3.05) is 27.2 Å². The highest BCUT2D eigenvalue weighted by Crippen LogP contribution is 2.27. The lowest BCUT2D eigenvalue weighted by Crippen LogP contribution is -2.19. The summed E-state index contributed by atoms with van der Waals surface area (Å²) in [6, 6.07) is 5.60. The van der Waals surface area contributed by atoms with Gasteiger partial charge in [-0.3, -0.25) is 0 Å². The standard InChI is InChI=1S/C10H13BrClNO/c1-13(2)5-6-14-10-4-3-8(11)7-9(10)12/h3-4,7H,5-6H2,1-2H3.